The SMILES string of the molecule is COC[C@@H](C)NC(=O)NCc1ccc(N2CCCCCC2)nc1. The predicted octanol–water partition coefficient (Wildman–Crippen LogP) is 2.30. The van der Waals surface area contributed by atoms with Gasteiger partial charge in [-0.05, 0) is 31.4 Å². The number of carbonyl (C=O) groups excluding carboxylic acids is 1. The molecule has 0 aromatic carbocycles. The van der Waals surface area contributed by atoms with Gasteiger partial charge in [0.15, 0.2) is 0 Å². The molecule has 0 bridgehead atoms. The Morgan fingerprint density at radius 2 is 2.04 bits per heavy atom. The van der Waals surface area contributed by atoms with Crippen molar-refractivity contribution in [1.29, 1.82) is 0 Å². The van der Waals surface area contributed by atoms with Crippen LogP contribution in [0.25, 0.3) is 0 Å². The Balaban J connectivity index is 1.79. The lowest BCUT2D eigenvalue weighted by atomic mass is 10.2. The fraction of sp³-hybridized carbons (Fsp3) is 0.647. The molecule has 1 aliphatic rings. The lowest BCUT2D eigenvalue weighted by molar-refractivity contribution is 0.171. The van der Waals surface area contributed by atoms with Crippen molar-refractivity contribution in [2.45, 2.75) is 45.2 Å². The largest absolute Gasteiger partial charge is 0.383 e. The third-order valence-corrected chi connectivity index (χ3v) is 3.99. The van der Waals surface area contributed by atoms with Gasteiger partial charge in [-0.3, -0.25) is 0 Å². The van der Waals surface area contributed by atoms with Gasteiger partial charge in [-0.1, -0.05) is 18.9 Å². The Bertz CT molecular complexity index is 470. The predicted molar refractivity (Wildman–Crippen MR) is 91.6 cm³/mol. The van der Waals surface area contributed by atoms with Crippen LogP contribution in [-0.2, 0) is 11.3 Å². The molecule has 2 rings (SSSR count). The monoisotopic (exact) mass is 320 g/mol. The zero-order valence-corrected chi connectivity index (χ0v) is 14.2. The number of hydrogen-bond acceptors (Lipinski definition) is 4. The number of urea groups is 1. The summed E-state index contributed by atoms with van der Waals surface area (Å²) in [5.41, 5.74) is 0.998. The van der Waals surface area contributed by atoms with Gasteiger partial charge in [0.1, 0.15) is 5.82 Å². The molecule has 0 radical (unpaired) electrons. The van der Waals surface area contributed by atoms with Crippen molar-refractivity contribution in [2.75, 3.05) is 31.7 Å². The lowest BCUT2D eigenvalue weighted by Gasteiger charge is -2.21. The quantitative estimate of drug-likeness (QED) is 0.844. The van der Waals surface area contributed by atoms with Gasteiger partial charge in [0.25, 0.3) is 0 Å². The molecule has 0 aliphatic carbocycles. The van der Waals surface area contributed by atoms with Crippen LogP contribution in [0.5, 0.6) is 0 Å². The minimum Gasteiger partial charge on any atom is -0.383 e. The van der Waals surface area contributed by atoms with E-state index in [1.54, 1.807) is 7.11 Å². The van der Waals surface area contributed by atoms with Crippen molar-refractivity contribution < 1.29 is 9.53 Å². The van der Waals surface area contributed by atoms with Crippen LogP contribution >= 0.6 is 0 Å². The Morgan fingerprint density at radius 1 is 1.30 bits per heavy atom. The van der Waals surface area contributed by atoms with Gasteiger partial charge < -0.3 is 20.3 Å². The van der Waals surface area contributed by atoms with Gasteiger partial charge >= 0.3 is 6.03 Å². The summed E-state index contributed by atoms with van der Waals surface area (Å²) >= 11 is 0. The van der Waals surface area contributed by atoms with Gasteiger partial charge in [0, 0.05) is 32.9 Å². The molecule has 1 aliphatic heterocycles. The summed E-state index contributed by atoms with van der Waals surface area (Å²) in [5.74, 6) is 1.04. The number of nitrogens with zero attached hydrogens (tertiary/aromatic N) is 2. The first-order valence-electron chi connectivity index (χ1n) is 8.42. The molecule has 1 aromatic rings. The maximum Gasteiger partial charge on any atom is 0.315 e. The summed E-state index contributed by atoms with van der Waals surface area (Å²) in [4.78, 5) is 18.6. The van der Waals surface area contributed by atoms with E-state index < -0.39 is 0 Å². The Labute approximate surface area is 138 Å². The number of amides is 2. The number of anilines is 1. The standard InChI is InChI=1S/C17H28N4O2/c1-14(13-23-2)20-17(22)19-12-15-7-8-16(18-11-15)21-9-5-3-4-6-10-21/h7-8,11,14H,3-6,9-10,12-13H2,1-2H3,(H2,19,20,22)/t14-/m1/s1. The van der Waals surface area contributed by atoms with Gasteiger partial charge in [-0.2, -0.15) is 0 Å². The molecule has 0 unspecified atom stereocenters. The molecule has 128 valence electrons. The van der Waals surface area contributed by atoms with Crippen molar-refractivity contribution in [3.05, 3.63) is 23.9 Å². The van der Waals surface area contributed by atoms with Crippen molar-refractivity contribution in [1.82, 2.24) is 15.6 Å². The number of ether oxygens (including phenoxy) is 1. The summed E-state index contributed by atoms with van der Waals surface area (Å²) in [6.07, 6.45) is 6.96. The Morgan fingerprint density at radius 3 is 2.65 bits per heavy atom. The van der Waals surface area contributed by atoms with E-state index in [-0.39, 0.29) is 12.1 Å². The third-order valence-electron chi connectivity index (χ3n) is 3.99. The second-order valence-corrected chi connectivity index (χ2v) is 6.11. The average Bonchev–Trinajstić information content (AvgIpc) is 2.83. The van der Waals surface area contributed by atoms with Crippen molar-refractivity contribution in [3.63, 3.8) is 0 Å². The molecule has 6 heteroatoms. The molecule has 2 N–H and O–H groups in total. The Kier molecular flexibility index (Phi) is 7.13. The third kappa shape index (κ3) is 6.06. The molecule has 6 nitrogen and oxygen atoms in total. The molecular formula is C17H28N4O2. The molecule has 23 heavy (non-hydrogen) atoms. The molecule has 1 saturated heterocycles. The first-order chi connectivity index (χ1) is 11.2. The number of methoxy groups -OCH3 is 1. The number of pyridine rings is 1. The average molecular weight is 320 g/mol. The maximum atomic E-state index is 11.7. The van der Waals surface area contributed by atoms with E-state index in [2.05, 4.69) is 20.5 Å². The fourth-order valence-electron chi connectivity index (χ4n) is 2.76. The van der Waals surface area contributed by atoms with Crippen LogP contribution in [0.2, 0.25) is 0 Å². The summed E-state index contributed by atoms with van der Waals surface area (Å²) in [5, 5.41) is 5.66. The van der Waals surface area contributed by atoms with E-state index in [0.717, 1.165) is 24.5 Å². The smallest absolute Gasteiger partial charge is 0.315 e. The first-order valence-corrected chi connectivity index (χ1v) is 8.42. The zero-order chi connectivity index (χ0) is 16.5. The van der Waals surface area contributed by atoms with Crippen LogP contribution in [0.4, 0.5) is 10.6 Å². The number of aromatic nitrogens is 1. The highest BCUT2D eigenvalue weighted by atomic mass is 16.5. The highest BCUT2D eigenvalue weighted by Crippen LogP contribution is 2.17. The van der Waals surface area contributed by atoms with Crippen LogP contribution in [-0.4, -0.2) is 43.9 Å². The van der Waals surface area contributed by atoms with Gasteiger partial charge in [-0.15, -0.1) is 0 Å². The van der Waals surface area contributed by atoms with Gasteiger partial charge in [0.05, 0.1) is 12.6 Å². The van der Waals surface area contributed by atoms with Gasteiger partial charge in [0.2, 0.25) is 0 Å². The fourth-order valence-corrected chi connectivity index (χ4v) is 2.76. The summed E-state index contributed by atoms with van der Waals surface area (Å²) in [6.45, 7) is 5.05. The van der Waals surface area contributed by atoms with Crippen LogP contribution in [0, 0.1) is 0 Å². The normalized spacial score (nSPS) is 16.5. The first kappa shape index (κ1) is 17.5. The van der Waals surface area contributed by atoms with E-state index in [0.29, 0.717) is 13.2 Å². The molecule has 2 heterocycles. The molecule has 2 amide bonds. The summed E-state index contributed by atoms with van der Waals surface area (Å²) < 4.78 is 4.99. The van der Waals surface area contributed by atoms with Crippen molar-refractivity contribution in [2.24, 2.45) is 0 Å². The van der Waals surface area contributed by atoms with Crippen molar-refractivity contribution in [3.8, 4) is 0 Å². The number of nitrogens with one attached hydrogen (secondary N) is 2. The highest BCUT2D eigenvalue weighted by Gasteiger charge is 2.11. The van der Waals surface area contributed by atoms with E-state index in [9.17, 15) is 4.79 Å². The molecule has 0 saturated carbocycles. The Hall–Kier alpha value is -1.82. The number of carbonyl (C=O) groups is 1. The molecule has 1 aromatic heterocycles. The zero-order valence-electron chi connectivity index (χ0n) is 14.2. The highest BCUT2D eigenvalue weighted by molar-refractivity contribution is 5.74. The number of hydrogen-bond donors (Lipinski definition) is 2. The second kappa shape index (κ2) is 9.35. The van der Waals surface area contributed by atoms with Crippen LogP contribution in [0.15, 0.2) is 18.3 Å². The summed E-state index contributed by atoms with van der Waals surface area (Å²) in [6, 6.07) is 3.88. The van der Waals surface area contributed by atoms with Crippen LogP contribution in [0.3, 0.4) is 0 Å². The van der Waals surface area contributed by atoms with Crippen molar-refractivity contribution >= 4 is 11.8 Å². The molecule has 0 spiro atoms. The minimum absolute atomic E-state index is 0.0106. The van der Waals surface area contributed by atoms with Gasteiger partial charge in [-0.25, -0.2) is 9.78 Å². The maximum absolute atomic E-state index is 11.7. The van der Waals surface area contributed by atoms with E-state index >= 15 is 0 Å². The van der Waals surface area contributed by atoms with E-state index in [1.165, 1.54) is 25.7 Å². The van der Waals surface area contributed by atoms with E-state index in [1.807, 2.05) is 25.3 Å². The molecular weight excluding hydrogens is 292 g/mol. The number of rotatable bonds is 6. The summed E-state index contributed by atoms with van der Waals surface area (Å²) in [7, 11) is 1.62. The van der Waals surface area contributed by atoms with Crippen LogP contribution in [0.1, 0.15) is 38.2 Å². The minimum atomic E-state index is -0.189. The molecule has 1 atom stereocenters. The van der Waals surface area contributed by atoms with Crippen LogP contribution < -0.4 is 15.5 Å². The van der Waals surface area contributed by atoms with E-state index in [4.69, 9.17) is 4.74 Å². The second-order valence-electron chi connectivity index (χ2n) is 6.11. The lowest BCUT2D eigenvalue weighted by Crippen LogP contribution is -2.42. The topological polar surface area (TPSA) is 66.5 Å². The molecule has 1 fully saturated rings.